The molecule has 1 aliphatic heterocycles. The van der Waals surface area contributed by atoms with Gasteiger partial charge in [-0.1, -0.05) is 28.4 Å². The molecular formula is C15H17Cl2N5O2. The summed E-state index contributed by atoms with van der Waals surface area (Å²) in [7, 11) is 0. The zero-order chi connectivity index (χ0) is 17.1. The summed E-state index contributed by atoms with van der Waals surface area (Å²) in [6.45, 7) is 5.05. The monoisotopic (exact) mass is 369 g/mol. The molecule has 9 heteroatoms. The molecule has 7 nitrogen and oxygen atoms in total. The Balaban J connectivity index is 1.50. The molecule has 0 aliphatic carbocycles. The van der Waals surface area contributed by atoms with Crippen LogP contribution < -0.4 is 10.2 Å². The van der Waals surface area contributed by atoms with Crippen LogP contribution in [0.2, 0.25) is 10.0 Å². The number of pyridine rings is 1. The molecule has 2 aromatic rings. The second kappa shape index (κ2) is 7.38. The Labute approximate surface area is 149 Å². The normalized spacial score (nSPS) is 15.5. The number of aryl methyl sites for hydroxylation is 1. The number of halogens is 2. The Morgan fingerprint density at radius 2 is 2.04 bits per heavy atom. The van der Waals surface area contributed by atoms with Crippen LogP contribution in [0.3, 0.4) is 0 Å². The van der Waals surface area contributed by atoms with E-state index in [0.717, 1.165) is 32.0 Å². The number of carbonyl (C=O) groups excluding carboxylic acids is 1. The molecule has 1 saturated heterocycles. The summed E-state index contributed by atoms with van der Waals surface area (Å²) < 4.78 is 4.92. The van der Waals surface area contributed by atoms with E-state index in [-0.39, 0.29) is 5.91 Å². The molecule has 3 heterocycles. The molecule has 1 aliphatic rings. The number of hydrogen-bond acceptors (Lipinski definition) is 6. The van der Waals surface area contributed by atoms with Crippen molar-refractivity contribution in [1.29, 1.82) is 0 Å². The highest BCUT2D eigenvalue weighted by atomic mass is 35.5. The number of piperazine rings is 1. The maximum absolute atomic E-state index is 12.0. The molecule has 0 spiro atoms. The Kier molecular flexibility index (Phi) is 5.23. The fourth-order valence-corrected chi connectivity index (χ4v) is 3.07. The van der Waals surface area contributed by atoms with E-state index in [2.05, 4.69) is 25.3 Å². The Morgan fingerprint density at radius 1 is 1.29 bits per heavy atom. The first-order chi connectivity index (χ1) is 11.5. The average molecular weight is 370 g/mol. The van der Waals surface area contributed by atoms with Gasteiger partial charge in [0.25, 0.3) is 0 Å². The predicted octanol–water partition coefficient (Wildman–Crippen LogP) is 2.45. The number of hydrogen-bond donors (Lipinski definition) is 1. The molecule has 2 aromatic heterocycles. The van der Waals surface area contributed by atoms with Crippen molar-refractivity contribution in [2.24, 2.45) is 0 Å². The van der Waals surface area contributed by atoms with E-state index in [1.165, 1.54) is 0 Å². The zero-order valence-electron chi connectivity index (χ0n) is 13.1. The lowest BCUT2D eigenvalue weighted by Gasteiger charge is -2.35. The van der Waals surface area contributed by atoms with Gasteiger partial charge in [0.15, 0.2) is 5.82 Å². The standard InChI is InChI=1S/C15H17Cl2N5O2/c1-10-6-13(20-24-10)19-14(23)9-21-2-4-22(5-3-21)15-12(17)7-11(16)8-18-15/h6-8H,2-5,9H2,1H3,(H,19,20,23). The Bertz CT molecular complexity index is 728. The van der Waals surface area contributed by atoms with Crippen molar-refractivity contribution in [2.75, 3.05) is 42.9 Å². The summed E-state index contributed by atoms with van der Waals surface area (Å²) in [6.07, 6.45) is 1.59. The second-order valence-corrected chi connectivity index (χ2v) is 6.44. The molecule has 0 unspecified atom stereocenters. The molecule has 0 aromatic carbocycles. The summed E-state index contributed by atoms with van der Waals surface area (Å²) >= 11 is 12.1. The number of amides is 1. The van der Waals surface area contributed by atoms with Crippen LogP contribution in [0, 0.1) is 6.92 Å². The van der Waals surface area contributed by atoms with Gasteiger partial charge in [-0.3, -0.25) is 9.69 Å². The van der Waals surface area contributed by atoms with E-state index < -0.39 is 0 Å². The summed E-state index contributed by atoms with van der Waals surface area (Å²) in [5, 5.41) is 7.52. The number of nitrogens with zero attached hydrogens (tertiary/aromatic N) is 4. The summed E-state index contributed by atoms with van der Waals surface area (Å²) in [5.41, 5.74) is 0. The van der Waals surface area contributed by atoms with Gasteiger partial charge in [-0.2, -0.15) is 0 Å². The van der Waals surface area contributed by atoms with Crippen LogP contribution in [0.5, 0.6) is 0 Å². The van der Waals surface area contributed by atoms with Crippen molar-refractivity contribution in [3.63, 3.8) is 0 Å². The molecule has 1 amide bonds. The van der Waals surface area contributed by atoms with Gasteiger partial charge in [-0.05, 0) is 13.0 Å². The van der Waals surface area contributed by atoms with Crippen molar-refractivity contribution in [2.45, 2.75) is 6.92 Å². The van der Waals surface area contributed by atoms with Gasteiger partial charge in [0.2, 0.25) is 5.91 Å². The van der Waals surface area contributed by atoms with E-state index in [1.54, 1.807) is 25.3 Å². The smallest absolute Gasteiger partial charge is 0.239 e. The lowest BCUT2D eigenvalue weighted by atomic mass is 10.3. The number of anilines is 2. The lowest BCUT2D eigenvalue weighted by molar-refractivity contribution is -0.117. The van der Waals surface area contributed by atoms with E-state index in [1.807, 2.05) is 0 Å². The average Bonchev–Trinajstić information content (AvgIpc) is 2.93. The van der Waals surface area contributed by atoms with Crippen LogP contribution >= 0.6 is 23.2 Å². The fourth-order valence-electron chi connectivity index (χ4n) is 2.57. The molecule has 0 saturated carbocycles. The molecule has 1 N–H and O–H groups in total. The first-order valence-electron chi connectivity index (χ1n) is 7.53. The minimum absolute atomic E-state index is 0.112. The maximum atomic E-state index is 12.0. The number of rotatable bonds is 4. The third-order valence-corrected chi connectivity index (χ3v) is 4.21. The van der Waals surface area contributed by atoms with E-state index in [9.17, 15) is 4.79 Å². The number of carbonyl (C=O) groups is 1. The summed E-state index contributed by atoms with van der Waals surface area (Å²) in [5.74, 6) is 1.71. The van der Waals surface area contributed by atoms with Crippen LogP contribution in [0.25, 0.3) is 0 Å². The highest BCUT2D eigenvalue weighted by molar-refractivity contribution is 6.36. The quantitative estimate of drug-likeness (QED) is 0.891. The highest BCUT2D eigenvalue weighted by Crippen LogP contribution is 2.26. The zero-order valence-corrected chi connectivity index (χ0v) is 14.6. The van der Waals surface area contributed by atoms with E-state index in [4.69, 9.17) is 27.7 Å². The van der Waals surface area contributed by atoms with Gasteiger partial charge in [-0.15, -0.1) is 0 Å². The molecule has 1 fully saturated rings. The van der Waals surface area contributed by atoms with Crippen LogP contribution in [-0.4, -0.2) is 53.7 Å². The molecule has 24 heavy (non-hydrogen) atoms. The van der Waals surface area contributed by atoms with Gasteiger partial charge < -0.3 is 14.7 Å². The van der Waals surface area contributed by atoms with Crippen molar-refractivity contribution >= 4 is 40.7 Å². The summed E-state index contributed by atoms with van der Waals surface area (Å²) in [4.78, 5) is 20.5. The van der Waals surface area contributed by atoms with Crippen LogP contribution in [0.4, 0.5) is 11.6 Å². The Hall–Kier alpha value is -1.83. The van der Waals surface area contributed by atoms with E-state index >= 15 is 0 Å². The maximum Gasteiger partial charge on any atom is 0.239 e. The van der Waals surface area contributed by atoms with Gasteiger partial charge >= 0.3 is 0 Å². The number of aromatic nitrogens is 2. The second-order valence-electron chi connectivity index (χ2n) is 5.59. The molecule has 128 valence electrons. The van der Waals surface area contributed by atoms with E-state index in [0.29, 0.717) is 28.2 Å². The van der Waals surface area contributed by atoms with Gasteiger partial charge in [0.1, 0.15) is 11.6 Å². The van der Waals surface area contributed by atoms with Crippen LogP contribution in [0.15, 0.2) is 22.9 Å². The third kappa shape index (κ3) is 4.17. The van der Waals surface area contributed by atoms with Crippen LogP contribution in [0.1, 0.15) is 5.76 Å². The minimum Gasteiger partial charge on any atom is -0.360 e. The SMILES string of the molecule is Cc1cc(NC(=O)CN2CCN(c3ncc(Cl)cc3Cl)CC2)no1. The molecule has 0 radical (unpaired) electrons. The Morgan fingerprint density at radius 3 is 2.67 bits per heavy atom. The predicted molar refractivity (Wildman–Crippen MR) is 92.8 cm³/mol. The topological polar surface area (TPSA) is 74.5 Å². The fraction of sp³-hybridized carbons (Fsp3) is 0.400. The van der Waals surface area contributed by atoms with Crippen molar-refractivity contribution in [1.82, 2.24) is 15.0 Å². The first kappa shape index (κ1) is 17.0. The first-order valence-corrected chi connectivity index (χ1v) is 8.28. The summed E-state index contributed by atoms with van der Waals surface area (Å²) in [6, 6.07) is 3.37. The highest BCUT2D eigenvalue weighted by Gasteiger charge is 2.21. The van der Waals surface area contributed by atoms with Gasteiger partial charge in [0.05, 0.1) is 16.6 Å². The van der Waals surface area contributed by atoms with Gasteiger partial charge in [0, 0.05) is 38.4 Å². The lowest BCUT2D eigenvalue weighted by Crippen LogP contribution is -2.49. The third-order valence-electron chi connectivity index (χ3n) is 3.72. The number of nitrogens with one attached hydrogen (secondary N) is 1. The van der Waals surface area contributed by atoms with Crippen molar-refractivity contribution in [3.05, 3.63) is 34.1 Å². The van der Waals surface area contributed by atoms with Gasteiger partial charge in [-0.25, -0.2) is 4.98 Å². The largest absolute Gasteiger partial charge is 0.360 e. The molecule has 0 atom stereocenters. The van der Waals surface area contributed by atoms with Crippen molar-refractivity contribution < 1.29 is 9.32 Å². The van der Waals surface area contributed by atoms with Crippen molar-refractivity contribution in [3.8, 4) is 0 Å². The molecule has 0 bridgehead atoms. The molecule has 3 rings (SSSR count). The molecular weight excluding hydrogens is 353 g/mol. The minimum atomic E-state index is -0.112. The van der Waals surface area contributed by atoms with Crippen LogP contribution in [-0.2, 0) is 4.79 Å².